The van der Waals surface area contributed by atoms with Gasteiger partial charge < -0.3 is 4.74 Å². The Balaban J connectivity index is 1.68. The van der Waals surface area contributed by atoms with Crippen molar-refractivity contribution >= 4 is 5.78 Å². The maximum absolute atomic E-state index is 12.3. The summed E-state index contributed by atoms with van der Waals surface area (Å²) in [7, 11) is 1.68. The molecular formula is C22H29NO2. The first-order valence-corrected chi connectivity index (χ1v) is 9.78. The molecule has 0 spiro atoms. The van der Waals surface area contributed by atoms with Gasteiger partial charge in [-0.05, 0) is 67.1 Å². The monoisotopic (exact) mass is 339 g/mol. The van der Waals surface area contributed by atoms with E-state index in [4.69, 9.17) is 10.00 Å². The van der Waals surface area contributed by atoms with Crippen molar-refractivity contribution < 1.29 is 9.53 Å². The first-order valence-electron chi connectivity index (χ1n) is 9.78. The molecule has 0 heterocycles. The Morgan fingerprint density at radius 3 is 2.76 bits per heavy atom. The third-order valence-electron chi connectivity index (χ3n) is 8.33. The third-order valence-corrected chi connectivity index (χ3v) is 8.33. The number of nitriles is 1. The number of ketones is 1. The second kappa shape index (κ2) is 5.81. The van der Waals surface area contributed by atoms with E-state index >= 15 is 0 Å². The highest BCUT2D eigenvalue weighted by Gasteiger charge is 2.58. The Kier molecular flexibility index (Phi) is 3.96. The second-order valence-electron chi connectivity index (χ2n) is 9.12. The van der Waals surface area contributed by atoms with Crippen molar-refractivity contribution in [2.75, 3.05) is 7.11 Å². The van der Waals surface area contributed by atoms with Crippen LogP contribution in [0.5, 0.6) is 0 Å². The predicted octanol–water partition coefficient (Wildman–Crippen LogP) is 4.59. The average Bonchev–Trinajstić information content (AvgIpc) is 2.92. The molecule has 0 saturated heterocycles. The highest BCUT2D eigenvalue weighted by Crippen LogP contribution is 2.65. The van der Waals surface area contributed by atoms with Gasteiger partial charge in [-0.2, -0.15) is 5.26 Å². The largest absolute Gasteiger partial charge is 0.374 e. The zero-order chi connectivity index (χ0) is 17.8. The Hall–Kier alpha value is -1.40. The molecule has 6 atom stereocenters. The van der Waals surface area contributed by atoms with Gasteiger partial charge in [-0.3, -0.25) is 4.79 Å². The van der Waals surface area contributed by atoms with Crippen LogP contribution in [0.2, 0.25) is 0 Å². The smallest absolute Gasteiger partial charge is 0.165 e. The number of ether oxygens (including phenoxy) is 1. The van der Waals surface area contributed by atoms with E-state index in [1.165, 1.54) is 30.4 Å². The van der Waals surface area contributed by atoms with Gasteiger partial charge in [0.15, 0.2) is 5.78 Å². The predicted molar refractivity (Wildman–Crippen MR) is 96.6 cm³/mol. The summed E-state index contributed by atoms with van der Waals surface area (Å²) in [5.74, 6) is 2.27. The maximum atomic E-state index is 12.3. The van der Waals surface area contributed by atoms with Crippen molar-refractivity contribution in [1.29, 1.82) is 5.26 Å². The van der Waals surface area contributed by atoms with Crippen molar-refractivity contribution in [2.45, 2.75) is 64.9 Å². The Morgan fingerprint density at radius 1 is 1.28 bits per heavy atom. The summed E-state index contributed by atoms with van der Waals surface area (Å²) < 4.78 is 5.53. The molecule has 134 valence electrons. The van der Waals surface area contributed by atoms with E-state index in [1.807, 2.05) is 6.08 Å². The van der Waals surface area contributed by atoms with E-state index in [0.717, 1.165) is 19.3 Å². The van der Waals surface area contributed by atoms with Crippen LogP contribution in [-0.2, 0) is 9.53 Å². The summed E-state index contributed by atoms with van der Waals surface area (Å²) >= 11 is 0. The van der Waals surface area contributed by atoms with Gasteiger partial charge in [0.2, 0.25) is 0 Å². The van der Waals surface area contributed by atoms with Crippen LogP contribution in [-0.4, -0.2) is 19.0 Å². The molecule has 4 rings (SSSR count). The summed E-state index contributed by atoms with van der Waals surface area (Å²) in [6.45, 7) is 4.78. The normalized spacial score (nSPS) is 47.5. The van der Waals surface area contributed by atoms with Crippen molar-refractivity contribution in [3.05, 3.63) is 23.3 Å². The zero-order valence-corrected chi connectivity index (χ0v) is 15.7. The summed E-state index contributed by atoms with van der Waals surface area (Å²) in [6, 6.07) is 2.28. The molecule has 0 amide bonds. The van der Waals surface area contributed by atoms with Crippen LogP contribution in [0, 0.1) is 39.9 Å². The van der Waals surface area contributed by atoms with E-state index < -0.39 is 0 Å². The first kappa shape index (κ1) is 17.0. The fourth-order valence-corrected chi connectivity index (χ4v) is 6.89. The number of carbonyl (C=O) groups excluding carboxylic acids is 1. The molecular weight excluding hydrogens is 310 g/mol. The minimum atomic E-state index is -0.230. The van der Waals surface area contributed by atoms with Crippen LogP contribution in [0.25, 0.3) is 0 Å². The average molecular weight is 339 g/mol. The summed E-state index contributed by atoms with van der Waals surface area (Å²) in [5, 5.41) is 9.16. The standard InChI is InChI=1S/C22H29NO2/c1-21-10-8-18-16(17(21)7-5-14(21)9-11-23)6-4-15-12-19(24)20(25-3)13-22(15,18)2/h4,9,16-18,20H,5-8,10,12-13H2,1-3H3. The van der Waals surface area contributed by atoms with E-state index in [1.54, 1.807) is 7.11 Å². The van der Waals surface area contributed by atoms with Gasteiger partial charge in [-0.15, -0.1) is 0 Å². The molecule has 3 heteroatoms. The lowest BCUT2D eigenvalue weighted by Crippen LogP contribution is -2.51. The summed E-state index contributed by atoms with van der Waals surface area (Å²) in [5.41, 5.74) is 3.08. The van der Waals surface area contributed by atoms with Gasteiger partial charge in [0.1, 0.15) is 6.10 Å². The molecule has 0 N–H and O–H groups in total. The molecule has 0 radical (unpaired) electrons. The molecule has 4 aliphatic carbocycles. The fraction of sp³-hybridized carbons (Fsp3) is 0.727. The van der Waals surface area contributed by atoms with Gasteiger partial charge in [0.25, 0.3) is 0 Å². The number of methoxy groups -OCH3 is 1. The van der Waals surface area contributed by atoms with Crippen LogP contribution in [0.4, 0.5) is 0 Å². The molecule has 0 aromatic carbocycles. The molecule has 6 unspecified atom stereocenters. The van der Waals surface area contributed by atoms with Gasteiger partial charge in [-0.25, -0.2) is 0 Å². The van der Waals surface area contributed by atoms with Crippen LogP contribution >= 0.6 is 0 Å². The quantitative estimate of drug-likeness (QED) is 0.518. The third kappa shape index (κ3) is 2.30. The molecule has 3 saturated carbocycles. The Morgan fingerprint density at radius 2 is 2.04 bits per heavy atom. The van der Waals surface area contributed by atoms with Crippen LogP contribution < -0.4 is 0 Å². The molecule has 3 nitrogen and oxygen atoms in total. The van der Waals surface area contributed by atoms with Crippen LogP contribution in [0.15, 0.2) is 23.3 Å². The van der Waals surface area contributed by atoms with E-state index in [2.05, 4.69) is 26.0 Å². The molecule has 4 aliphatic rings. The SMILES string of the molecule is COC1CC2(C)C(=CCC3C4CCC(=CC#N)C4(C)CCC32)CC1=O. The van der Waals surface area contributed by atoms with E-state index in [9.17, 15) is 4.79 Å². The minimum Gasteiger partial charge on any atom is -0.374 e. The Labute approximate surface area is 151 Å². The van der Waals surface area contributed by atoms with Crippen molar-refractivity contribution in [2.24, 2.45) is 28.6 Å². The number of nitrogens with zero attached hydrogens (tertiary/aromatic N) is 1. The highest BCUT2D eigenvalue weighted by atomic mass is 16.5. The van der Waals surface area contributed by atoms with Gasteiger partial charge in [-0.1, -0.05) is 31.1 Å². The van der Waals surface area contributed by atoms with Crippen molar-refractivity contribution in [3.8, 4) is 6.07 Å². The minimum absolute atomic E-state index is 0.112. The van der Waals surface area contributed by atoms with E-state index in [0.29, 0.717) is 24.2 Å². The van der Waals surface area contributed by atoms with Crippen molar-refractivity contribution in [1.82, 2.24) is 0 Å². The number of rotatable bonds is 1. The molecule has 0 aromatic heterocycles. The van der Waals surface area contributed by atoms with Crippen molar-refractivity contribution in [3.63, 3.8) is 0 Å². The number of allylic oxidation sites excluding steroid dienone is 4. The maximum Gasteiger partial charge on any atom is 0.165 e. The zero-order valence-electron chi connectivity index (χ0n) is 15.7. The van der Waals surface area contributed by atoms with Gasteiger partial charge in [0.05, 0.1) is 6.07 Å². The molecule has 0 aromatic rings. The topological polar surface area (TPSA) is 50.1 Å². The van der Waals surface area contributed by atoms with Crippen LogP contribution in [0.1, 0.15) is 58.8 Å². The molecule has 0 aliphatic heterocycles. The highest BCUT2D eigenvalue weighted by molar-refractivity contribution is 5.87. The lowest BCUT2D eigenvalue weighted by molar-refractivity contribution is -0.135. The second-order valence-corrected chi connectivity index (χ2v) is 9.12. The summed E-state index contributed by atoms with van der Waals surface area (Å²) in [6.07, 6.45) is 11.2. The molecule has 3 fully saturated rings. The first-order chi connectivity index (χ1) is 11.9. The molecule has 25 heavy (non-hydrogen) atoms. The molecule has 0 bridgehead atoms. The summed E-state index contributed by atoms with van der Waals surface area (Å²) in [4.78, 5) is 12.3. The van der Waals surface area contributed by atoms with E-state index in [-0.39, 0.29) is 22.7 Å². The van der Waals surface area contributed by atoms with Crippen LogP contribution in [0.3, 0.4) is 0 Å². The number of carbonyl (C=O) groups is 1. The number of hydrogen-bond donors (Lipinski definition) is 0. The van der Waals surface area contributed by atoms with Gasteiger partial charge in [0, 0.05) is 19.6 Å². The lowest BCUT2D eigenvalue weighted by Gasteiger charge is -2.57. The lowest BCUT2D eigenvalue weighted by atomic mass is 9.47. The number of fused-ring (bicyclic) bond motifs is 5. The number of hydrogen-bond acceptors (Lipinski definition) is 3. The fourth-order valence-electron chi connectivity index (χ4n) is 6.89. The number of Topliss-reactive ketones (excluding diaryl/α,β-unsaturated/α-hetero) is 1. The van der Waals surface area contributed by atoms with Gasteiger partial charge >= 0.3 is 0 Å². The Bertz CT molecular complexity index is 699.